The van der Waals surface area contributed by atoms with Crippen LogP contribution < -0.4 is 4.90 Å². The van der Waals surface area contributed by atoms with Crippen molar-refractivity contribution in [3.8, 4) is 5.82 Å². The molecule has 4 rings (SSSR count). The second kappa shape index (κ2) is 8.06. The van der Waals surface area contributed by atoms with Gasteiger partial charge in [-0.05, 0) is 31.6 Å². The molecule has 0 unspecified atom stereocenters. The van der Waals surface area contributed by atoms with Crippen LogP contribution in [0.2, 0.25) is 0 Å². The largest absolute Gasteiger partial charge is 0.356 e. The Morgan fingerprint density at radius 2 is 1.67 bits per heavy atom. The number of anilines is 1. The van der Waals surface area contributed by atoms with E-state index in [-0.39, 0.29) is 5.91 Å². The molecular formula is C20H28N6O. The minimum absolute atomic E-state index is 0.0231. The summed E-state index contributed by atoms with van der Waals surface area (Å²) in [4.78, 5) is 30.2. The molecule has 0 atom stereocenters. The molecule has 2 aliphatic heterocycles. The van der Waals surface area contributed by atoms with Gasteiger partial charge in [0.15, 0.2) is 0 Å². The molecule has 7 nitrogen and oxygen atoms in total. The van der Waals surface area contributed by atoms with Crippen molar-refractivity contribution in [2.75, 3.05) is 31.1 Å². The van der Waals surface area contributed by atoms with E-state index < -0.39 is 0 Å². The average molecular weight is 368 g/mol. The standard InChI is InChI=1S/C20H28N6O/c1-16-6-10-24(11-7-16)18-12-19(22-14-21-18)26-13-17(23-15-26)20(27)25-8-4-2-3-5-9-25/h12-16H,2-11H2,1H3. The number of nitrogens with zero attached hydrogens (tertiary/aromatic N) is 6. The molecule has 0 radical (unpaired) electrons. The number of likely N-dealkylation sites (tertiary alicyclic amines) is 1. The zero-order valence-corrected chi connectivity index (χ0v) is 16.0. The summed E-state index contributed by atoms with van der Waals surface area (Å²) in [5.41, 5.74) is 0.490. The first-order valence-corrected chi connectivity index (χ1v) is 10.1. The van der Waals surface area contributed by atoms with Crippen LogP contribution in [0, 0.1) is 5.92 Å². The van der Waals surface area contributed by atoms with E-state index in [1.807, 2.05) is 15.5 Å². The van der Waals surface area contributed by atoms with Crippen LogP contribution in [-0.2, 0) is 0 Å². The molecule has 27 heavy (non-hydrogen) atoms. The van der Waals surface area contributed by atoms with Crippen LogP contribution in [0.25, 0.3) is 5.82 Å². The SMILES string of the molecule is CC1CCN(c2cc(-n3cnc(C(=O)N4CCCCCC4)c3)ncn2)CC1. The molecule has 0 spiro atoms. The maximum Gasteiger partial charge on any atom is 0.274 e. The van der Waals surface area contributed by atoms with Gasteiger partial charge < -0.3 is 9.80 Å². The Labute approximate surface area is 160 Å². The van der Waals surface area contributed by atoms with Gasteiger partial charge in [0.05, 0.1) is 0 Å². The Hall–Kier alpha value is -2.44. The molecule has 2 aromatic rings. The zero-order chi connectivity index (χ0) is 18.6. The summed E-state index contributed by atoms with van der Waals surface area (Å²) in [6.07, 6.45) is 12.0. The Balaban J connectivity index is 1.49. The van der Waals surface area contributed by atoms with Crippen LogP contribution in [-0.4, -0.2) is 56.5 Å². The van der Waals surface area contributed by atoms with Gasteiger partial charge in [-0.1, -0.05) is 19.8 Å². The molecule has 7 heteroatoms. The molecule has 144 valence electrons. The predicted octanol–water partition coefficient (Wildman–Crippen LogP) is 2.91. The zero-order valence-electron chi connectivity index (χ0n) is 16.0. The van der Waals surface area contributed by atoms with E-state index in [9.17, 15) is 4.79 Å². The quantitative estimate of drug-likeness (QED) is 0.833. The van der Waals surface area contributed by atoms with Gasteiger partial charge in [0, 0.05) is 38.4 Å². The van der Waals surface area contributed by atoms with E-state index in [0.717, 1.165) is 56.6 Å². The van der Waals surface area contributed by atoms with Crippen molar-refractivity contribution in [3.05, 3.63) is 30.6 Å². The summed E-state index contributed by atoms with van der Waals surface area (Å²) in [6.45, 7) is 6.02. The number of aromatic nitrogens is 4. The van der Waals surface area contributed by atoms with E-state index in [2.05, 4.69) is 26.8 Å². The van der Waals surface area contributed by atoms with Crippen molar-refractivity contribution >= 4 is 11.7 Å². The van der Waals surface area contributed by atoms with Crippen molar-refractivity contribution in [2.45, 2.75) is 45.4 Å². The number of carbonyl (C=O) groups excluding carboxylic acids is 1. The van der Waals surface area contributed by atoms with Crippen molar-refractivity contribution < 1.29 is 4.79 Å². The van der Waals surface area contributed by atoms with Crippen molar-refractivity contribution in [1.82, 2.24) is 24.4 Å². The summed E-state index contributed by atoms with van der Waals surface area (Å²) < 4.78 is 1.82. The van der Waals surface area contributed by atoms with Gasteiger partial charge in [-0.25, -0.2) is 15.0 Å². The van der Waals surface area contributed by atoms with Gasteiger partial charge in [-0.15, -0.1) is 0 Å². The second-order valence-corrected chi connectivity index (χ2v) is 7.78. The van der Waals surface area contributed by atoms with E-state index in [1.165, 1.54) is 25.7 Å². The number of rotatable bonds is 3. The fourth-order valence-electron chi connectivity index (χ4n) is 3.88. The molecule has 1 amide bonds. The lowest BCUT2D eigenvalue weighted by Gasteiger charge is -2.31. The molecular weight excluding hydrogens is 340 g/mol. The molecule has 2 fully saturated rings. The highest BCUT2D eigenvalue weighted by Gasteiger charge is 2.21. The first-order valence-electron chi connectivity index (χ1n) is 10.1. The van der Waals surface area contributed by atoms with Gasteiger partial charge in [-0.2, -0.15) is 0 Å². The third-order valence-electron chi connectivity index (χ3n) is 5.71. The van der Waals surface area contributed by atoms with Crippen molar-refractivity contribution in [3.63, 3.8) is 0 Å². The fraction of sp³-hybridized carbons (Fsp3) is 0.600. The molecule has 2 saturated heterocycles. The molecule has 2 aliphatic rings. The van der Waals surface area contributed by atoms with Gasteiger partial charge in [0.1, 0.15) is 30.0 Å². The van der Waals surface area contributed by atoms with Crippen LogP contribution in [0.4, 0.5) is 5.82 Å². The first-order chi connectivity index (χ1) is 13.2. The number of amides is 1. The summed E-state index contributed by atoms with van der Waals surface area (Å²) in [7, 11) is 0. The van der Waals surface area contributed by atoms with E-state index in [0.29, 0.717) is 5.69 Å². The van der Waals surface area contributed by atoms with Crippen LogP contribution in [0.3, 0.4) is 0 Å². The Bertz CT molecular complexity index is 772. The van der Waals surface area contributed by atoms with Crippen molar-refractivity contribution in [2.24, 2.45) is 5.92 Å². The lowest BCUT2D eigenvalue weighted by Crippen LogP contribution is -2.33. The minimum atomic E-state index is 0.0231. The van der Waals surface area contributed by atoms with E-state index >= 15 is 0 Å². The predicted molar refractivity (Wildman–Crippen MR) is 104 cm³/mol. The highest BCUT2D eigenvalue weighted by molar-refractivity contribution is 5.92. The molecule has 4 heterocycles. The van der Waals surface area contributed by atoms with Crippen molar-refractivity contribution in [1.29, 1.82) is 0 Å². The number of piperidine rings is 1. The van der Waals surface area contributed by atoms with E-state index in [4.69, 9.17) is 0 Å². The topological polar surface area (TPSA) is 67.2 Å². The number of carbonyl (C=O) groups is 1. The maximum absolute atomic E-state index is 12.8. The molecule has 0 N–H and O–H groups in total. The monoisotopic (exact) mass is 368 g/mol. The Kier molecular flexibility index (Phi) is 5.36. The van der Waals surface area contributed by atoms with Gasteiger partial charge >= 0.3 is 0 Å². The summed E-state index contributed by atoms with van der Waals surface area (Å²) in [6, 6.07) is 1.98. The van der Waals surface area contributed by atoms with E-state index in [1.54, 1.807) is 18.9 Å². The van der Waals surface area contributed by atoms with Gasteiger partial charge in [-0.3, -0.25) is 9.36 Å². The normalized spacial score (nSPS) is 19.1. The maximum atomic E-state index is 12.8. The highest BCUT2D eigenvalue weighted by atomic mass is 16.2. The van der Waals surface area contributed by atoms with Gasteiger partial charge in [0.2, 0.25) is 0 Å². The summed E-state index contributed by atoms with van der Waals surface area (Å²) >= 11 is 0. The molecule has 0 aliphatic carbocycles. The third kappa shape index (κ3) is 4.12. The highest BCUT2D eigenvalue weighted by Crippen LogP contribution is 2.22. The first kappa shape index (κ1) is 17.9. The van der Waals surface area contributed by atoms with Crippen LogP contribution in [0.1, 0.15) is 55.9 Å². The molecule has 2 aromatic heterocycles. The lowest BCUT2D eigenvalue weighted by molar-refractivity contribution is 0.0756. The summed E-state index contributed by atoms with van der Waals surface area (Å²) in [5.74, 6) is 2.50. The fourth-order valence-corrected chi connectivity index (χ4v) is 3.88. The molecule has 0 bridgehead atoms. The van der Waals surface area contributed by atoms with Crippen LogP contribution >= 0.6 is 0 Å². The minimum Gasteiger partial charge on any atom is -0.356 e. The summed E-state index contributed by atoms with van der Waals surface area (Å²) in [5, 5.41) is 0. The molecule has 0 aromatic carbocycles. The third-order valence-corrected chi connectivity index (χ3v) is 5.71. The number of imidazole rings is 1. The average Bonchev–Trinajstić information content (AvgIpc) is 3.04. The van der Waals surface area contributed by atoms with Crippen LogP contribution in [0.5, 0.6) is 0 Å². The number of hydrogen-bond donors (Lipinski definition) is 0. The smallest absolute Gasteiger partial charge is 0.274 e. The lowest BCUT2D eigenvalue weighted by atomic mass is 9.99. The number of hydrogen-bond acceptors (Lipinski definition) is 5. The van der Waals surface area contributed by atoms with Gasteiger partial charge in [0.25, 0.3) is 5.91 Å². The van der Waals surface area contributed by atoms with Crippen LogP contribution in [0.15, 0.2) is 24.9 Å². The molecule has 0 saturated carbocycles. The Morgan fingerprint density at radius 1 is 0.963 bits per heavy atom. The second-order valence-electron chi connectivity index (χ2n) is 7.78. The Morgan fingerprint density at radius 3 is 2.41 bits per heavy atom.